The molecular weight excluding hydrogens is 274 g/mol. The normalized spacial score (nSPS) is 10.4. The van der Waals surface area contributed by atoms with E-state index in [1.807, 2.05) is 30.5 Å². The smallest absolute Gasteiger partial charge is 0.255 e. The molecule has 0 bridgehead atoms. The average molecular weight is 285 g/mol. The maximum atomic E-state index is 11.7. The lowest BCUT2D eigenvalue weighted by Crippen LogP contribution is -2.08. The molecule has 0 aliphatic rings. The highest BCUT2D eigenvalue weighted by molar-refractivity contribution is 7.13. The Morgan fingerprint density at radius 1 is 1.20 bits per heavy atom. The molecule has 0 atom stereocenters. The number of rotatable bonds is 3. The van der Waals surface area contributed by atoms with Gasteiger partial charge in [0.25, 0.3) is 5.56 Å². The van der Waals surface area contributed by atoms with Crippen molar-refractivity contribution in [1.29, 1.82) is 0 Å². The third kappa shape index (κ3) is 2.75. The van der Waals surface area contributed by atoms with E-state index in [2.05, 4.69) is 15.0 Å². The number of ether oxygens (including phenoxy) is 1. The highest BCUT2D eigenvalue weighted by Gasteiger charge is 2.09. The highest BCUT2D eigenvalue weighted by Crippen LogP contribution is 2.22. The Kier molecular flexibility index (Phi) is 3.30. The molecule has 2 heterocycles. The third-order valence-corrected chi connectivity index (χ3v) is 3.47. The fraction of sp³-hybridized carbons (Fsp3) is 0.0714. The molecule has 3 rings (SSSR count). The fourth-order valence-corrected chi connectivity index (χ4v) is 2.40. The van der Waals surface area contributed by atoms with E-state index in [-0.39, 0.29) is 11.4 Å². The number of aromatic amines is 1. The standard InChI is InChI=1S/C14H11N3O2S/c1-9-8-20-14(15-9)13-16-11(18)7-12(17-13)19-10-5-3-2-4-6-10/h2-8H,1H3,(H,16,17,18). The number of thiazole rings is 1. The molecule has 0 radical (unpaired) electrons. The average Bonchev–Trinajstić information content (AvgIpc) is 2.86. The van der Waals surface area contributed by atoms with Gasteiger partial charge in [0.05, 0.1) is 6.07 Å². The van der Waals surface area contributed by atoms with E-state index in [0.717, 1.165) is 5.69 Å². The van der Waals surface area contributed by atoms with Crippen molar-refractivity contribution in [3.05, 3.63) is 57.8 Å². The minimum Gasteiger partial charge on any atom is -0.439 e. The second-order valence-electron chi connectivity index (χ2n) is 4.14. The number of benzene rings is 1. The molecule has 2 aromatic heterocycles. The van der Waals surface area contributed by atoms with Gasteiger partial charge in [0.1, 0.15) is 5.75 Å². The Morgan fingerprint density at radius 2 is 2.00 bits per heavy atom. The number of nitrogens with one attached hydrogen (secondary N) is 1. The van der Waals surface area contributed by atoms with Crippen LogP contribution in [0.2, 0.25) is 0 Å². The van der Waals surface area contributed by atoms with E-state index in [9.17, 15) is 4.79 Å². The molecule has 0 saturated heterocycles. The zero-order valence-corrected chi connectivity index (χ0v) is 11.5. The van der Waals surface area contributed by atoms with Crippen molar-refractivity contribution in [3.63, 3.8) is 0 Å². The van der Waals surface area contributed by atoms with E-state index < -0.39 is 0 Å². The SMILES string of the molecule is Cc1csc(-c2nc(Oc3ccccc3)cc(=O)[nH]2)n1. The van der Waals surface area contributed by atoms with Crippen molar-refractivity contribution in [2.75, 3.05) is 0 Å². The molecule has 1 N–H and O–H groups in total. The fourth-order valence-electron chi connectivity index (χ4n) is 1.66. The lowest BCUT2D eigenvalue weighted by molar-refractivity contribution is 0.461. The number of aryl methyl sites for hydroxylation is 1. The summed E-state index contributed by atoms with van der Waals surface area (Å²) in [5.74, 6) is 1.30. The summed E-state index contributed by atoms with van der Waals surface area (Å²) in [5, 5.41) is 2.57. The van der Waals surface area contributed by atoms with Gasteiger partial charge in [-0.2, -0.15) is 4.98 Å². The Morgan fingerprint density at radius 3 is 2.70 bits per heavy atom. The van der Waals surface area contributed by atoms with E-state index in [1.54, 1.807) is 12.1 Å². The maximum absolute atomic E-state index is 11.7. The summed E-state index contributed by atoms with van der Waals surface area (Å²) in [4.78, 5) is 22.9. The van der Waals surface area contributed by atoms with Gasteiger partial charge in [-0.05, 0) is 19.1 Å². The minimum absolute atomic E-state index is 0.253. The largest absolute Gasteiger partial charge is 0.439 e. The molecule has 0 unspecified atom stereocenters. The van der Waals surface area contributed by atoms with E-state index >= 15 is 0 Å². The number of aromatic nitrogens is 3. The first-order valence-corrected chi connectivity index (χ1v) is 6.85. The summed E-state index contributed by atoms with van der Waals surface area (Å²) in [6.45, 7) is 1.89. The van der Waals surface area contributed by atoms with Crippen LogP contribution in [0.5, 0.6) is 11.6 Å². The van der Waals surface area contributed by atoms with Gasteiger partial charge in [-0.3, -0.25) is 4.79 Å². The lowest BCUT2D eigenvalue weighted by atomic mass is 10.3. The Hall–Kier alpha value is -2.47. The number of H-pyrrole nitrogens is 1. The summed E-state index contributed by atoms with van der Waals surface area (Å²) in [6, 6.07) is 10.5. The third-order valence-electron chi connectivity index (χ3n) is 2.51. The zero-order valence-electron chi connectivity index (χ0n) is 10.7. The molecule has 0 aliphatic heterocycles. The van der Waals surface area contributed by atoms with Crippen molar-refractivity contribution in [2.45, 2.75) is 6.92 Å². The van der Waals surface area contributed by atoms with Crippen molar-refractivity contribution >= 4 is 11.3 Å². The molecule has 6 heteroatoms. The first-order valence-electron chi connectivity index (χ1n) is 5.97. The molecule has 0 saturated carbocycles. The Bertz CT molecular complexity index is 780. The van der Waals surface area contributed by atoms with Gasteiger partial charge in [-0.1, -0.05) is 18.2 Å². The van der Waals surface area contributed by atoms with Gasteiger partial charge in [-0.25, -0.2) is 4.98 Å². The van der Waals surface area contributed by atoms with Gasteiger partial charge in [0, 0.05) is 11.1 Å². The highest BCUT2D eigenvalue weighted by atomic mass is 32.1. The molecule has 20 heavy (non-hydrogen) atoms. The molecule has 3 aromatic rings. The maximum Gasteiger partial charge on any atom is 0.255 e. The lowest BCUT2D eigenvalue weighted by Gasteiger charge is -2.04. The predicted octanol–water partition coefficient (Wildman–Crippen LogP) is 2.99. The van der Waals surface area contributed by atoms with Crippen LogP contribution in [-0.4, -0.2) is 15.0 Å². The quantitative estimate of drug-likeness (QED) is 0.803. The van der Waals surface area contributed by atoms with Crippen LogP contribution < -0.4 is 10.3 Å². The molecule has 0 aliphatic carbocycles. The Labute approximate surface area is 118 Å². The molecule has 5 nitrogen and oxygen atoms in total. The van der Waals surface area contributed by atoms with E-state index in [1.165, 1.54) is 17.4 Å². The van der Waals surface area contributed by atoms with Crippen LogP contribution in [0.15, 0.2) is 46.6 Å². The van der Waals surface area contributed by atoms with Gasteiger partial charge >= 0.3 is 0 Å². The molecule has 0 spiro atoms. The van der Waals surface area contributed by atoms with Crippen molar-refractivity contribution in [3.8, 4) is 22.5 Å². The van der Waals surface area contributed by atoms with Crippen molar-refractivity contribution in [2.24, 2.45) is 0 Å². The summed E-state index contributed by atoms with van der Waals surface area (Å²) in [6.07, 6.45) is 0. The van der Waals surface area contributed by atoms with Crippen LogP contribution in [-0.2, 0) is 0 Å². The molecule has 100 valence electrons. The first-order chi connectivity index (χ1) is 9.70. The van der Waals surface area contributed by atoms with Gasteiger partial charge < -0.3 is 9.72 Å². The number of nitrogens with zero attached hydrogens (tertiary/aromatic N) is 2. The van der Waals surface area contributed by atoms with Crippen LogP contribution >= 0.6 is 11.3 Å². The Balaban J connectivity index is 1.97. The topological polar surface area (TPSA) is 67.9 Å². The minimum atomic E-state index is -0.270. The predicted molar refractivity (Wildman–Crippen MR) is 77.2 cm³/mol. The summed E-state index contributed by atoms with van der Waals surface area (Å²) < 4.78 is 5.57. The second-order valence-corrected chi connectivity index (χ2v) is 5.00. The van der Waals surface area contributed by atoms with Crippen LogP contribution in [0.4, 0.5) is 0 Å². The number of para-hydroxylation sites is 1. The van der Waals surface area contributed by atoms with Gasteiger partial charge in [-0.15, -0.1) is 11.3 Å². The van der Waals surface area contributed by atoms with Crippen LogP contribution in [0.3, 0.4) is 0 Å². The molecule has 0 fully saturated rings. The summed E-state index contributed by atoms with van der Waals surface area (Å²) in [5.41, 5.74) is 0.621. The van der Waals surface area contributed by atoms with E-state index in [4.69, 9.17) is 4.74 Å². The second kappa shape index (κ2) is 5.26. The molecule has 0 amide bonds. The van der Waals surface area contributed by atoms with Crippen LogP contribution in [0.25, 0.3) is 10.8 Å². The number of hydrogen-bond donors (Lipinski definition) is 1. The van der Waals surface area contributed by atoms with Crippen molar-refractivity contribution in [1.82, 2.24) is 15.0 Å². The van der Waals surface area contributed by atoms with E-state index in [0.29, 0.717) is 16.6 Å². The monoisotopic (exact) mass is 285 g/mol. The van der Waals surface area contributed by atoms with Crippen LogP contribution in [0, 0.1) is 6.92 Å². The summed E-state index contributed by atoms with van der Waals surface area (Å²) >= 11 is 1.43. The van der Waals surface area contributed by atoms with Gasteiger partial charge in [0.15, 0.2) is 10.8 Å². The first kappa shape index (κ1) is 12.6. The van der Waals surface area contributed by atoms with Crippen molar-refractivity contribution < 1.29 is 4.74 Å². The van der Waals surface area contributed by atoms with Gasteiger partial charge in [0.2, 0.25) is 5.88 Å². The molecule has 1 aromatic carbocycles. The van der Waals surface area contributed by atoms with Crippen LogP contribution in [0.1, 0.15) is 5.69 Å². The molecular formula is C14H11N3O2S. The summed E-state index contributed by atoms with van der Waals surface area (Å²) in [7, 11) is 0. The number of hydrogen-bond acceptors (Lipinski definition) is 5. The zero-order chi connectivity index (χ0) is 13.9.